The highest BCUT2D eigenvalue weighted by Crippen LogP contribution is 2.34. The summed E-state index contributed by atoms with van der Waals surface area (Å²) in [6.45, 7) is 4.99. The van der Waals surface area contributed by atoms with Crippen molar-refractivity contribution in [3.05, 3.63) is 17.0 Å². The van der Waals surface area contributed by atoms with Crippen LogP contribution in [0.3, 0.4) is 0 Å². The molecule has 7 nitrogen and oxygen atoms in total. The van der Waals surface area contributed by atoms with Crippen LogP contribution in [0.2, 0.25) is 0 Å². The molecule has 0 bridgehead atoms. The summed E-state index contributed by atoms with van der Waals surface area (Å²) in [6, 6.07) is 0. The second-order valence-corrected chi connectivity index (χ2v) is 6.34. The van der Waals surface area contributed by atoms with Gasteiger partial charge in [0.25, 0.3) is 0 Å². The van der Waals surface area contributed by atoms with Gasteiger partial charge in [0.2, 0.25) is 5.91 Å². The number of H-pyrrole nitrogens is 1. The number of piperidine rings is 1. The molecule has 0 saturated carbocycles. The standard InChI is InChI=1S/C16H25N3O4/c1-11-13(12(2)18-17-11)9-14(20)19-7-4-5-16(10-19,15(21)22)6-8-23-3/h4-10H2,1-3H3,(H,17,18)(H,21,22)/t16-/m1/s1. The number of aromatic amines is 1. The third kappa shape index (κ3) is 3.72. The maximum atomic E-state index is 12.6. The number of hydrogen-bond acceptors (Lipinski definition) is 4. The fraction of sp³-hybridized carbons (Fsp3) is 0.688. The molecule has 1 aromatic heterocycles. The monoisotopic (exact) mass is 323 g/mol. The minimum absolute atomic E-state index is 0.0414. The molecule has 1 atom stereocenters. The van der Waals surface area contributed by atoms with Gasteiger partial charge in [-0.1, -0.05) is 0 Å². The van der Waals surface area contributed by atoms with Gasteiger partial charge in [0, 0.05) is 38.1 Å². The number of nitrogens with zero attached hydrogens (tertiary/aromatic N) is 2. The van der Waals surface area contributed by atoms with Crippen LogP contribution in [-0.4, -0.2) is 58.9 Å². The molecule has 23 heavy (non-hydrogen) atoms. The summed E-state index contributed by atoms with van der Waals surface area (Å²) in [5.41, 5.74) is 1.71. The zero-order chi connectivity index (χ0) is 17.0. The van der Waals surface area contributed by atoms with E-state index in [1.165, 1.54) is 0 Å². The van der Waals surface area contributed by atoms with Gasteiger partial charge < -0.3 is 14.7 Å². The smallest absolute Gasteiger partial charge is 0.311 e. The lowest BCUT2D eigenvalue weighted by atomic mass is 9.77. The van der Waals surface area contributed by atoms with Crippen LogP contribution in [0.1, 0.15) is 36.2 Å². The van der Waals surface area contributed by atoms with Gasteiger partial charge >= 0.3 is 5.97 Å². The van der Waals surface area contributed by atoms with Gasteiger partial charge in [-0.2, -0.15) is 5.10 Å². The molecule has 0 aromatic carbocycles. The van der Waals surface area contributed by atoms with Crippen molar-refractivity contribution in [2.75, 3.05) is 26.8 Å². The normalized spacial score (nSPS) is 21.4. The van der Waals surface area contributed by atoms with E-state index in [2.05, 4.69) is 10.2 Å². The molecular formula is C16H25N3O4. The van der Waals surface area contributed by atoms with E-state index in [-0.39, 0.29) is 18.9 Å². The quantitative estimate of drug-likeness (QED) is 0.822. The van der Waals surface area contributed by atoms with E-state index in [0.29, 0.717) is 32.4 Å². The van der Waals surface area contributed by atoms with Gasteiger partial charge in [-0.15, -0.1) is 0 Å². The maximum absolute atomic E-state index is 12.6. The van der Waals surface area contributed by atoms with Crippen molar-refractivity contribution < 1.29 is 19.4 Å². The second kappa shape index (κ2) is 7.12. The van der Waals surface area contributed by atoms with Crippen molar-refractivity contribution in [3.8, 4) is 0 Å². The first-order valence-electron chi connectivity index (χ1n) is 7.90. The van der Waals surface area contributed by atoms with Crippen LogP contribution in [0.25, 0.3) is 0 Å². The molecule has 1 aliphatic rings. The Morgan fingerprint density at radius 3 is 2.74 bits per heavy atom. The average molecular weight is 323 g/mol. The number of aryl methyl sites for hydroxylation is 2. The second-order valence-electron chi connectivity index (χ2n) is 6.34. The number of methoxy groups -OCH3 is 1. The van der Waals surface area contributed by atoms with Gasteiger partial charge in [-0.05, 0) is 33.1 Å². The van der Waals surface area contributed by atoms with Gasteiger partial charge in [0.05, 0.1) is 17.5 Å². The largest absolute Gasteiger partial charge is 0.481 e. The van der Waals surface area contributed by atoms with Crippen LogP contribution >= 0.6 is 0 Å². The van der Waals surface area contributed by atoms with E-state index in [1.54, 1.807) is 12.0 Å². The van der Waals surface area contributed by atoms with E-state index in [4.69, 9.17) is 4.74 Å². The molecule has 0 aliphatic carbocycles. The highest BCUT2D eigenvalue weighted by Gasteiger charge is 2.43. The van der Waals surface area contributed by atoms with Crippen molar-refractivity contribution in [2.24, 2.45) is 5.41 Å². The van der Waals surface area contributed by atoms with Crippen LogP contribution in [0.5, 0.6) is 0 Å². The summed E-state index contributed by atoms with van der Waals surface area (Å²) in [5, 5.41) is 16.6. The average Bonchev–Trinajstić information content (AvgIpc) is 2.84. The fourth-order valence-electron chi connectivity index (χ4n) is 3.23. The number of ether oxygens (including phenoxy) is 1. The van der Waals surface area contributed by atoms with Gasteiger partial charge in [-0.3, -0.25) is 14.7 Å². The van der Waals surface area contributed by atoms with Crippen molar-refractivity contribution in [1.29, 1.82) is 0 Å². The molecule has 1 aromatic rings. The maximum Gasteiger partial charge on any atom is 0.311 e. The summed E-state index contributed by atoms with van der Waals surface area (Å²) in [4.78, 5) is 26.1. The minimum Gasteiger partial charge on any atom is -0.481 e. The Balaban J connectivity index is 2.10. The molecule has 1 saturated heterocycles. The molecule has 2 rings (SSSR count). The van der Waals surface area contributed by atoms with Gasteiger partial charge in [0.1, 0.15) is 0 Å². The SMILES string of the molecule is COCC[C@]1(C(=O)O)CCCN(C(=O)Cc2c(C)n[nH]c2C)C1. The molecule has 2 heterocycles. The summed E-state index contributed by atoms with van der Waals surface area (Å²) in [6.07, 6.45) is 1.96. The fourth-order valence-corrected chi connectivity index (χ4v) is 3.23. The number of aliphatic carboxylic acids is 1. The number of carbonyl (C=O) groups excluding carboxylic acids is 1. The number of carbonyl (C=O) groups is 2. The predicted molar refractivity (Wildman–Crippen MR) is 84.1 cm³/mol. The first-order valence-corrected chi connectivity index (χ1v) is 7.90. The van der Waals surface area contributed by atoms with Gasteiger partial charge in [0.15, 0.2) is 0 Å². The van der Waals surface area contributed by atoms with Crippen molar-refractivity contribution in [3.63, 3.8) is 0 Å². The highest BCUT2D eigenvalue weighted by atomic mass is 16.5. The van der Waals surface area contributed by atoms with E-state index in [9.17, 15) is 14.7 Å². The lowest BCUT2D eigenvalue weighted by molar-refractivity contribution is -0.156. The summed E-state index contributed by atoms with van der Waals surface area (Å²) < 4.78 is 5.05. The zero-order valence-electron chi connectivity index (χ0n) is 14.0. The third-order valence-electron chi connectivity index (χ3n) is 4.78. The summed E-state index contributed by atoms with van der Waals surface area (Å²) in [7, 11) is 1.56. The number of hydrogen-bond donors (Lipinski definition) is 2. The van der Waals surface area contributed by atoms with E-state index in [1.807, 2.05) is 13.8 Å². The van der Waals surface area contributed by atoms with Crippen molar-refractivity contribution >= 4 is 11.9 Å². The van der Waals surface area contributed by atoms with Crippen molar-refractivity contribution in [1.82, 2.24) is 15.1 Å². The molecule has 2 N–H and O–H groups in total. The number of amides is 1. The van der Waals surface area contributed by atoms with E-state index in [0.717, 1.165) is 17.0 Å². The highest BCUT2D eigenvalue weighted by molar-refractivity contribution is 5.81. The topological polar surface area (TPSA) is 95.5 Å². The van der Waals surface area contributed by atoms with Gasteiger partial charge in [-0.25, -0.2) is 0 Å². The molecule has 1 aliphatic heterocycles. The third-order valence-corrected chi connectivity index (χ3v) is 4.78. The Bertz CT molecular complexity index is 564. The number of aromatic nitrogens is 2. The molecule has 1 amide bonds. The van der Waals surface area contributed by atoms with E-state index < -0.39 is 11.4 Å². The Hall–Kier alpha value is -1.89. The predicted octanol–water partition coefficient (Wildman–Crippen LogP) is 1.30. The van der Waals surface area contributed by atoms with Crippen LogP contribution in [-0.2, 0) is 20.7 Å². The molecule has 0 spiro atoms. The lowest BCUT2D eigenvalue weighted by Gasteiger charge is -2.40. The van der Waals surface area contributed by atoms with Crippen molar-refractivity contribution in [2.45, 2.75) is 39.5 Å². The number of carboxylic acids is 1. The van der Waals surface area contributed by atoms with E-state index >= 15 is 0 Å². The minimum atomic E-state index is -0.898. The molecule has 7 heteroatoms. The summed E-state index contributed by atoms with van der Waals surface area (Å²) in [5.74, 6) is -0.886. The number of carboxylic acid groups (broad SMARTS) is 1. The number of likely N-dealkylation sites (tertiary alicyclic amines) is 1. The Morgan fingerprint density at radius 2 is 2.17 bits per heavy atom. The zero-order valence-corrected chi connectivity index (χ0v) is 14.0. The van der Waals surface area contributed by atoms with Crippen LogP contribution in [0, 0.1) is 19.3 Å². The molecule has 0 radical (unpaired) electrons. The number of nitrogens with one attached hydrogen (secondary N) is 1. The molecular weight excluding hydrogens is 298 g/mol. The van der Waals surface area contributed by atoms with Crippen LogP contribution < -0.4 is 0 Å². The Morgan fingerprint density at radius 1 is 1.43 bits per heavy atom. The lowest BCUT2D eigenvalue weighted by Crippen LogP contribution is -2.50. The van der Waals surface area contributed by atoms with Crippen LogP contribution in [0.15, 0.2) is 0 Å². The first kappa shape index (κ1) is 17.5. The van der Waals surface area contributed by atoms with Crippen LogP contribution in [0.4, 0.5) is 0 Å². The Labute approximate surface area is 136 Å². The first-order chi connectivity index (χ1) is 10.9. The molecule has 1 fully saturated rings. The molecule has 0 unspecified atom stereocenters. The molecule has 128 valence electrons. The number of rotatable bonds is 6. The summed E-state index contributed by atoms with van der Waals surface area (Å²) >= 11 is 0. The Kier molecular flexibility index (Phi) is 5.41.